The van der Waals surface area contributed by atoms with Crippen molar-refractivity contribution in [2.75, 3.05) is 6.67 Å². The molecule has 148 valence electrons. The molecule has 0 saturated carbocycles. The maximum Gasteiger partial charge on any atom is 0.379 e. The summed E-state index contributed by atoms with van der Waals surface area (Å²) in [6, 6.07) is 0. The van der Waals surface area contributed by atoms with E-state index in [0.717, 1.165) is 12.8 Å². The molecular formula is C10H17Br3Cl6F4. The normalized spacial score (nSPS) is 9.13. The largest absolute Gasteiger partial charge is 0.379 e. The second-order valence-electron chi connectivity index (χ2n) is 2.74. The predicted octanol–water partition coefficient (Wildman–Crippen LogP) is 10.1. The SMILES string of the molecule is BrC(Br)Br.CCCCCCF.ClC(Cl)Cl.ClC(Cl)Cl.FC(F)F. The van der Waals surface area contributed by atoms with Crippen molar-refractivity contribution in [2.24, 2.45) is 0 Å². The van der Waals surface area contributed by atoms with Crippen molar-refractivity contribution < 1.29 is 17.6 Å². The second kappa shape index (κ2) is 35.9. The molecule has 0 aromatic rings. The van der Waals surface area contributed by atoms with Crippen LogP contribution in [0.1, 0.15) is 32.6 Å². The Morgan fingerprint density at radius 1 is 0.739 bits per heavy atom. The van der Waals surface area contributed by atoms with E-state index in [1.165, 1.54) is 12.8 Å². The number of halogens is 13. The summed E-state index contributed by atoms with van der Waals surface area (Å²) in [5, 5.41) is 0. The molecule has 0 heterocycles. The van der Waals surface area contributed by atoms with Gasteiger partial charge in [-0.15, -0.1) is 0 Å². The minimum absolute atomic E-state index is 0.139. The van der Waals surface area contributed by atoms with Crippen LogP contribution in [0.15, 0.2) is 0 Å². The smallest absolute Gasteiger partial charge is 0.251 e. The minimum atomic E-state index is -3.67. The summed E-state index contributed by atoms with van der Waals surface area (Å²) in [6.45, 7) is -1.68. The molecule has 0 amide bonds. The quantitative estimate of drug-likeness (QED) is 0.159. The molecule has 0 rings (SSSR count). The number of rotatable bonds is 4. The molecule has 0 fully saturated rings. The Kier molecular flexibility index (Phi) is 57.4. The van der Waals surface area contributed by atoms with Crippen molar-refractivity contribution in [3.63, 3.8) is 0 Å². The molecule has 0 bridgehead atoms. The van der Waals surface area contributed by atoms with Gasteiger partial charge in [0.2, 0.25) is 0 Å². The highest BCUT2D eigenvalue weighted by Crippen LogP contribution is 2.13. The lowest BCUT2D eigenvalue weighted by molar-refractivity contribution is 0.00819. The maximum atomic E-state index is 11.3. The van der Waals surface area contributed by atoms with E-state index in [1.807, 2.05) is 0 Å². The lowest BCUT2D eigenvalue weighted by Crippen LogP contribution is -1.75. The van der Waals surface area contributed by atoms with Gasteiger partial charge >= 0.3 is 6.68 Å². The Morgan fingerprint density at radius 2 is 0.957 bits per heavy atom. The second-order valence-corrected chi connectivity index (χ2v) is 13.1. The van der Waals surface area contributed by atoms with E-state index in [1.54, 1.807) is 0 Å². The van der Waals surface area contributed by atoms with E-state index >= 15 is 0 Å². The zero-order chi connectivity index (χ0) is 19.8. The van der Waals surface area contributed by atoms with Crippen molar-refractivity contribution in [3.05, 3.63) is 0 Å². The van der Waals surface area contributed by atoms with Crippen LogP contribution in [0.4, 0.5) is 17.6 Å². The van der Waals surface area contributed by atoms with E-state index in [2.05, 4.69) is 54.7 Å². The summed E-state index contributed by atoms with van der Waals surface area (Å²) in [7, 11) is 0. The molecular weight excluding hydrogens is 649 g/mol. The van der Waals surface area contributed by atoms with Crippen molar-refractivity contribution in [2.45, 2.75) is 50.5 Å². The maximum absolute atomic E-state index is 11.3. The van der Waals surface area contributed by atoms with Crippen LogP contribution < -0.4 is 0 Å². The summed E-state index contributed by atoms with van der Waals surface area (Å²) < 4.78 is 39.1. The Balaban J connectivity index is -0.0000000604. The van der Waals surface area contributed by atoms with E-state index in [0.29, 0.717) is 0 Å². The number of alkyl halides is 13. The average molecular weight is 666 g/mol. The fourth-order valence-electron chi connectivity index (χ4n) is 0.521. The highest BCUT2D eigenvalue weighted by Gasteiger charge is 1.86. The molecule has 0 spiro atoms. The first kappa shape index (κ1) is 36.8. The predicted molar refractivity (Wildman–Crippen MR) is 110 cm³/mol. The van der Waals surface area contributed by atoms with Crippen LogP contribution in [-0.4, -0.2) is 24.6 Å². The minimum Gasteiger partial charge on any atom is -0.251 e. The molecule has 13 heteroatoms. The van der Waals surface area contributed by atoms with Crippen molar-refractivity contribution in [3.8, 4) is 0 Å². The van der Waals surface area contributed by atoms with Crippen molar-refractivity contribution in [1.82, 2.24) is 0 Å². The van der Waals surface area contributed by atoms with Gasteiger partial charge in [-0.3, -0.25) is 4.39 Å². The molecule has 0 aliphatic rings. The number of hydrogen-bond donors (Lipinski definition) is 0. The van der Waals surface area contributed by atoms with E-state index < -0.39 is 15.3 Å². The van der Waals surface area contributed by atoms with E-state index in [4.69, 9.17) is 69.6 Å². The first-order chi connectivity index (χ1) is 10.3. The van der Waals surface area contributed by atoms with Crippen LogP contribution in [0.25, 0.3) is 0 Å². The van der Waals surface area contributed by atoms with Gasteiger partial charge in [0.15, 0.2) is 8.59 Å². The van der Waals surface area contributed by atoms with Gasteiger partial charge in [0.25, 0.3) is 0 Å². The standard InChI is InChI=1S/C6H13F.CHBr3.2CHCl3.CHF3/c1-2-3-4-5-6-7;4*2-1(3)4/h2-6H2,1H3;4*1H. The molecule has 0 atom stereocenters. The lowest BCUT2D eigenvalue weighted by Gasteiger charge is -1.89. The van der Waals surface area contributed by atoms with Gasteiger partial charge in [0, 0.05) is 0 Å². The third kappa shape index (κ3) is 274. The van der Waals surface area contributed by atoms with Gasteiger partial charge in [0.05, 0.1) is 6.67 Å². The van der Waals surface area contributed by atoms with Crippen LogP contribution in [0.3, 0.4) is 0 Å². The summed E-state index contributed by atoms with van der Waals surface area (Å²) in [5.41, 5.74) is 0. The van der Waals surface area contributed by atoms with Crippen LogP contribution in [-0.2, 0) is 0 Å². The van der Waals surface area contributed by atoms with Crippen LogP contribution in [0.5, 0.6) is 0 Å². The molecule has 0 aromatic heterocycles. The molecule has 0 aromatic carbocycles. The fraction of sp³-hybridized carbons (Fsp3) is 1.00. The summed E-state index contributed by atoms with van der Waals surface area (Å²) in [5.74, 6) is 0. The third-order valence-corrected chi connectivity index (χ3v) is 0.987. The molecule has 0 unspecified atom stereocenters. The average Bonchev–Trinajstić information content (AvgIpc) is 2.26. The number of hydrogen-bond acceptors (Lipinski definition) is 0. The van der Waals surface area contributed by atoms with Crippen molar-refractivity contribution >= 4 is 117 Å². The van der Waals surface area contributed by atoms with Gasteiger partial charge in [-0.25, -0.2) is 0 Å². The first-order valence-corrected chi connectivity index (χ1v) is 11.0. The first-order valence-electron chi connectivity index (χ1n) is 5.59. The van der Waals surface area contributed by atoms with Crippen molar-refractivity contribution in [1.29, 1.82) is 0 Å². The van der Waals surface area contributed by atoms with Gasteiger partial charge in [0.1, 0.15) is 2.65 Å². The summed E-state index contributed by atoms with van der Waals surface area (Å²) in [4.78, 5) is 0. The highest BCUT2D eigenvalue weighted by molar-refractivity contribution is 9.38. The Morgan fingerprint density at radius 3 is 1.09 bits per heavy atom. The number of unbranched alkanes of at least 4 members (excludes halogenated alkanes) is 3. The van der Waals surface area contributed by atoms with Crippen LogP contribution in [0.2, 0.25) is 0 Å². The van der Waals surface area contributed by atoms with Gasteiger partial charge in [-0.2, -0.15) is 13.2 Å². The summed E-state index contributed by atoms with van der Waals surface area (Å²) >= 11 is 38.1. The Labute approximate surface area is 190 Å². The molecule has 23 heavy (non-hydrogen) atoms. The zero-order valence-corrected chi connectivity index (χ0v) is 21.1. The lowest BCUT2D eigenvalue weighted by atomic mass is 10.2. The molecule has 0 saturated heterocycles. The van der Waals surface area contributed by atoms with Crippen LogP contribution in [0, 0.1) is 0 Å². The Hall–Kier alpha value is 2.90. The molecule has 0 nitrogen and oxygen atoms in total. The van der Waals surface area contributed by atoms with E-state index in [-0.39, 0.29) is 9.32 Å². The molecule has 0 radical (unpaired) electrons. The topological polar surface area (TPSA) is 0 Å². The summed E-state index contributed by atoms with van der Waals surface area (Å²) in [6.07, 6.45) is 4.20. The monoisotopic (exact) mass is 660 g/mol. The fourth-order valence-corrected chi connectivity index (χ4v) is 0.521. The zero-order valence-electron chi connectivity index (χ0n) is 11.8. The molecule has 0 aliphatic heterocycles. The van der Waals surface area contributed by atoms with Gasteiger partial charge in [-0.1, -0.05) is 144 Å². The van der Waals surface area contributed by atoms with Gasteiger partial charge in [-0.05, 0) is 6.42 Å². The highest BCUT2D eigenvalue weighted by atomic mass is 80.0. The van der Waals surface area contributed by atoms with E-state index in [9.17, 15) is 17.6 Å². The Bertz CT molecular complexity index is 135. The third-order valence-electron chi connectivity index (χ3n) is 0.987. The molecule has 0 aliphatic carbocycles. The molecule has 0 N–H and O–H groups in total. The van der Waals surface area contributed by atoms with Crippen LogP contribution >= 0.6 is 117 Å². The van der Waals surface area contributed by atoms with Gasteiger partial charge < -0.3 is 0 Å².